The number of carboxylic acids is 1. The van der Waals surface area contributed by atoms with E-state index in [1.807, 2.05) is 36.4 Å². The van der Waals surface area contributed by atoms with E-state index in [0.29, 0.717) is 24.7 Å². The number of aliphatic carboxylic acids is 1. The number of carbonyl (C=O) groups is 1. The highest BCUT2D eigenvalue weighted by atomic mass is 16.5. The molecule has 3 N–H and O–H groups in total. The molecule has 0 amide bonds. The number of benzene rings is 2. The van der Waals surface area contributed by atoms with Crippen molar-refractivity contribution in [2.45, 2.75) is 38.8 Å². The SMILES string of the molecule is CC(C)Nc1cc(COc2ccc3c(c2)OCC3CC(=O)O)ccc1C=N. The molecule has 2 aromatic carbocycles. The van der Waals surface area contributed by atoms with Crippen LogP contribution < -0.4 is 14.8 Å². The minimum atomic E-state index is -0.823. The Morgan fingerprint density at radius 2 is 2.19 bits per heavy atom. The van der Waals surface area contributed by atoms with E-state index in [2.05, 4.69) is 19.2 Å². The van der Waals surface area contributed by atoms with Crippen LogP contribution in [0.5, 0.6) is 11.5 Å². The van der Waals surface area contributed by atoms with Crippen molar-refractivity contribution in [2.24, 2.45) is 0 Å². The highest BCUT2D eigenvalue weighted by molar-refractivity contribution is 5.86. The summed E-state index contributed by atoms with van der Waals surface area (Å²) in [6.07, 6.45) is 1.40. The first kappa shape index (κ1) is 18.8. The third-order valence-electron chi connectivity index (χ3n) is 4.41. The summed E-state index contributed by atoms with van der Waals surface area (Å²) in [5.74, 6) is 0.445. The molecule has 0 radical (unpaired) electrons. The van der Waals surface area contributed by atoms with Gasteiger partial charge >= 0.3 is 5.97 Å². The molecule has 6 nitrogen and oxygen atoms in total. The quantitative estimate of drug-likeness (QED) is 0.612. The van der Waals surface area contributed by atoms with Gasteiger partial charge in [-0.25, -0.2) is 0 Å². The summed E-state index contributed by atoms with van der Waals surface area (Å²) in [4.78, 5) is 10.9. The molecule has 3 rings (SSSR count). The summed E-state index contributed by atoms with van der Waals surface area (Å²) in [7, 11) is 0. The first-order chi connectivity index (χ1) is 13.0. The lowest BCUT2D eigenvalue weighted by molar-refractivity contribution is -0.137. The van der Waals surface area contributed by atoms with Gasteiger partial charge in [-0.2, -0.15) is 0 Å². The molecular weight excluding hydrogens is 344 g/mol. The normalized spacial score (nSPS) is 15.1. The predicted molar refractivity (Wildman–Crippen MR) is 104 cm³/mol. The first-order valence-electron chi connectivity index (χ1n) is 8.97. The summed E-state index contributed by atoms with van der Waals surface area (Å²) < 4.78 is 11.5. The predicted octanol–water partition coefficient (Wildman–Crippen LogP) is 4.03. The summed E-state index contributed by atoms with van der Waals surface area (Å²) in [6.45, 7) is 4.89. The molecule has 1 unspecified atom stereocenters. The molecule has 0 saturated heterocycles. The van der Waals surface area contributed by atoms with Gasteiger partial charge in [0.25, 0.3) is 0 Å². The van der Waals surface area contributed by atoms with Crippen LogP contribution in [0.25, 0.3) is 0 Å². The van der Waals surface area contributed by atoms with Crippen molar-refractivity contribution in [3.63, 3.8) is 0 Å². The van der Waals surface area contributed by atoms with Crippen molar-refractivity contribution in [2.75, 3.05) is 11.9 Å². The lowest BCUT2D eigenvalue weighted by Gasteiger charge is -2.15. The van der Waals surface area contributed by atoms with Gasteiger partial charge in [-0.1, -0.05) is 18.2 Å². The lowest BCUT2D eigenvalue weighted by Crippen LogP contribution is -2.12. The van der Waals surface area contributed by atoms with Gasteiger partial charge in [0.1, 0.15) is 18.1 Å². The molecule has 1 heterocycles. The van der Waals surface area contributed by atoms with Crippen molar-refractivity contribution < 1.29 is 19.4 Å². The van der Waals surface area contributed by atoms with E-state index in [1.165, 1.54) is 6.21 Å². The van der Waals surface area contributed by atoms with Crippen LogP contribution in [0.4, 0.5) is 5.69 Å². The monoisotopic (exact) mass is 368 g/mol. The molecule has 0 bridgehead atoms. The molecular formula is C21H24N2O4. The van der Waals surface area contributed by atoms with Crippen LogP contribution in [0.3, 0.4) is 0 Å². The number of ether oxygens (including phenoxy) is 2. The van der Waals surface area contributed by atoms with Crippen molar-refractivity contribution in [1.29, 1.82) is 5.41 Å². The van der Waals surface area contributed by atoms with Gasteiger partial charge in [0.15, 0.2) is 0 Å². The highest BCUT2D eigenvalue weighted by Gasteiger charge is 2.26. The zero-order valence-electron chi connectivity index (χ0n) is 15.5. The number of rotatable bonds is 8. The number of anilines is 1. The zero-order chi connectivity index (χ0) is 19.4. The maximum Gasteiger partial charge on any atom is 0.304 e. The van der Waals surface area contributed by atoms with Gasteiger partial charge in [0.2, 0.25) is 0 Å². The molecule has 1 aliphatic heterocycles. The Bertz CT molecular complexity index is 848. The van der Waals surface area contributed by atoms with Gasteiger partial charge in [-0.05, 0) is 31.5 Å². The van der Waals surface area contributed by atoms with Crippen LogP contribution in [-0.2, 0) is 11.4 Å². The van der Waals surface area contributed by atoms with Crippen LogP contribution in [0, 0.1) is 5.41 Å². The average molecular weight is 368 g/mol. The second-order valence-corrected chi connectivity index (χ2v) is 6.96. The number of fused-ring (bicyclic) bond motifs is 1. The van der Waals surface area contributed by atoms with Crippen LogP contribution >= 0.6 is 0 Å². The summed E-state index contributed by atoms with van der Waals surface area (Å²) in [5.41, 5.74) is 3.66. The molecule has 0 spiro atoms. The fourth-order valence-electron chi connectivity index (χ4n) is 3.15. The number of nitrogens with one attached hydrogen (secondary N) is 2. The van der Waals surface area contributed by atoms with E-state index in [0.717, 1.165) is 22.4 Å². The molecule has 0 aliphatic carbocycles. The highest BCUT2D eigenvalue weighted by Crippen LogP contribution is 2.38. The van der Waals surface area contributed by atoms with E-state index in [-0.39, 0.29) is 18.4 Å². The molecule has 27 heavy (non-hydrogen) atoms. The maximum absolute atomic E-state index is 10.9. The molecule has 2 aromatic rings. The number of hydrogen-bond donors (Lipinski definition) is 3. The van der Waals surface area contributed by atoms with Crippen molar-refractivity contribution in [1.82, 2.24) is 0 Å². The first-order valence-corrected chi connectivity index (χ1v) is 8.97. The van der Waals surface area contributed by atoms with Crippen LogP contribution in [0.2, 0.25) is 0 Å². The smallest absolute Gasteiger partial charge is 0.304 e. The Kier molecular flexibility index (Phi) is 5.64. The van der Waals surface area contributed by atoms with Crippen LogP contribution in [0.15, 0.2) is 36.4 Å². The van der Waals surface area contributed by atoms with Crippen molar-refractivity contribution >= 4 is 17.9 Å². The second kappa shape index (κ2) is 8.12. The molecule has 0 saturated carbocycles. The fourth-order valence-corrected chi connectivity index (χ4v) is 3.15. The Balaban J connectivity index is 1.69. The Labute approximate surface area is 158 Å². The standard InChI is InChI=1S/C21H24N2O4/c1-13(2)23-19-7-14(3-4-15(19)10-22)11-26-17-5-6-18-16(8-21(24)25)12-27-20(18)9-17/h3-7,9-10,13,16,22-23H,8,11-12H2,1-2H3,(H,24,25). The third kappa shape index (κ3) is 4.58. The van der Waals surface area contributed by atoms with E-state index in [9.17, 15) is 4.79 Å². The summed E-state index contributed by atoms with van der Waals surface area (Å²) in [6, 6.07) is 11.7. The fraction of sp³-hybridized carbons (Fsp3) is 0.333. The maximum atomic E-state index is 10.9. The molecule has 6 heteroatoms. The molecule has 142 valence electrons. The van der Waals surface area contributed by atoms with Crippen LogP contribution in [-0.4, -0.2) is 29.9 Å². The van der Waals surface area contributed by atoms with Crippen LogP contribution in [0.1, 0.15) is 42.9 Å². The van der Waals surface area contributed by atoms with E-state index in [1.54, 1.807) is 0 Å². The third-order valence-corrected chi connectivity index (χ3v) is 4.41. The summed E-state index contributed by atoms with van der Waals surface area (Å²) >= 11 is 0. The Hall–Kier alpha value is -3.02. The topological polar surface area (TPSA) is 91.6 Å². The van der Waals surface area contributed by atoms with E-state index >= 15 is 0 Å². The minimum absolute atomic E-state index is 0.0677. The summed E-state index contributed by atoms with van der Waals surface area (Å²) in [5, 5.41) is 19.8. The number of carboxylic acid groups (broad SMARTS) is 1. The van der Waals surface area contributed by atoms with Gasteiger partial charge in [-0.3, -0.25) is 4.79 Å². The van der Waals surface area contributed by atoms with E-state index < -0.39 is 5.97 Å². The molecule has 1 aliphatic rings. The van der Waals surface area contributed by atoms with Crippen molar-refractivity contribution in [3.05, 3.63) is 53.1 Å². The number of hydrogen-bond acceptors (Lipinski definition) is 5. The van der Waals surface area contributed by atoms with E-state index in [4.69, 9.17) is 20.0 Å². The largest absolute Gasteiger partial charge is 0.492 e. The molecule has 0 aromatic heterocycles. The zero-order valence-corrected chi connectivity index (χ0v) is 15.5. The van der Waals surface area contributed by atoms with Crippen molar-refractivity contribution in [3.8, 4) is 11.5 Å². The van der Waals surface area contributed by atoms with Gasteiger partial charge in [-0.15, -0.1) is 0 Å². The minimum Gasteiger partial charge on any atom is -0.492 e. The van der Waals surface area contributed by atoms with Gasteiger partial charge in [0, 0.05) is 41.1 Å². The lowest BCUT2D eigenvalue weighted by atomic mass is 9.98. The van der Waals surface area contributed by atoms with Gasteiger partial charge < -0.3 is 25.3 Å². The molecule has 0 fully saturated rings. The average Bonchev–Trinajstić information content (AvgIpc) is 3.01. The Morgan fingerprint density at radius 1 is 1.37 bits per heavy atom. The molecule has 1 atom stereocenters. The Morgan fingerprint density at radius 3 is 2.89 bits per heavy atom. The van der Waals surface area contributed by atoms with Gasteiger partial charge in [0.05, 0.1) is 13.0 Å². The second-order valence-electron chi connectivity index (χ2n) is 6.96.